The Morgan fingerprint density at radius 2 is 1.95 bits per heavy atom. The Morgan fingerprint density at radius 3 is 2.55 bits per heavy atom. The monoisotopic (exact) mass is 270 g/mol. The highest BCUT2D eigenvalue weighted by Gasteiger charge is 2.23. The molecule has 0 bridgehead atoms. The van der Waals surface area contributed by atoms with Crippen molar-refractivity contribution < 1.29 is 9.53 Å². The molecule has 0 spiro atoms. The summed E-state index contributed by atoms with van der Waals surface area (Å²) in [5, 5.41) is 3.13. The van der Waals surface area contributed by atoms with Gasteiger partial charge in [0.15, 0.2) is 0 Å². The van der Waals surface area contributed by atoms with Gasteiger partial charge in [-0.05, 0) is 31.7 Å². The number of benzene rings is 1. The molecule has 0 amide bonds. The summed E-state index contributed by atoms with van der Waals surface area (Å²) >= 11 is 0. The lowest BCUT2D eigenvalue weighted by Gasteiger charge is -2.24. The highest BCUT2D eigenvalue weighted by atomic mass is 16.5. The van der Waals surface area contributed by atoms with E-state index in [-0.39, 0.29) is 18.1 Å². The number of esters is 1. The fraction of sp³-hybridized carbons (Fsp3) is 0.250. The first-order valence-electron chi connectivity index (χ1n) is 6.55. The van der Waals surface area contributed by atoms with Gasteiger partial charge in [-0.15, -0.1) is 0 Å². The van der Waals surface area contributed by atoms with Gasteiger partial charge in [-0.1, -0.05) is 30.3 Å². The van der Waals surface area contributed by atoms with Crippen molar-refractivity contribution in [2.75, 3.05) is 7.05 Å². The van der Waals surface area contributed by atoms with Crippen molar-refractivity contribution in [3.8, 4) is 0 Å². The van der Waals surface area contributed by atoms with Crippen LogP contribution in [0.15, 0.2) is 54.9 Å². The third-order valence-corrected chi connectivity index (χ3v) is 3.17. The van der Waals surface area contributed by atoms with E-state index in [0.717, 1.165) is 5.56 Å². The van der Waals surface area contributed by atoms with Crippen LogP contribution in [0, 0.1) is 0 Å². The highest BCUT2D eigenvalue weighted by molar-refractivity contribution is 5.89. The van der Waals surface area contributed by atoms with E-state index < -0.39 is 0 Å². The number of rotatable bonds is 5. The zero-order valence-electron chi connectivity index (χ0n) is 11.6. The number of pyridine rings is 1. The summed E-state index contributed by atoms with van der Waals surface area (Å²) in [6.45, 7) is 1.98. The van der Waals surface area contributed by atoms with Gasteiger partial charge in [-0.3, -0.25) is 4.98 Å². The van der Waals surface area contributed by atoms with Crippen molar-refractivity contribution in [1.29, 1.82) is 0 Å². The Labute approximate surface area is 118 Å². The third kappa shape index (κ3) is 3.42. The van der Waals surface area contributed by atoms with Crippen LogP contribution in [-0.4, -0.2) is 24.0 Å². The first kappa shape index (κ1) is 14.2. The Morgan fingerprint density at radius 1 is 1.20 bits per heavy atom. The summed E-state index contributed by atoms with van der Waals surface area (Å²) in [5.41, 5.74) is 1.42. The molecule has 0 saturated carbocycles. The number of likely N-dealkylation sites (N-methyl/N-ethyl adjacent to an activating group) is 1. The van der Waals surface area contributed by atoms with Crippen molar-refractivity contribution in [2.24, 2.45) is 0 Å². The number of hydrogen-bond donors (Lipinski definition) is 1. The standard InChI is InChI=1S/C16H18N2O2/c1-12(17-2)15(13-7-4-3-5-8-13)20-16(19)14-9-6-10-18-11-14/h3-12,15,17H,1-2H3/t12-,15+/m1/s1. The van der Waals surface area contributed by atoms with Gasteiger partial charge in [-0.25, -0.2) is 4.79 Å². The van der Waals surface area contributed by atoms with Crippen LogP contribution >= 0.6 is 0 Å². The van der Waals surface area contributed by atoms with Gasteiger partial charge in [0, 0.05) is 18.4 Å². The van der Waals surface area contributed by atoms with E-state index in [9.17, 15) is 4.79 Å². The predicted molar refractivity (Wildman–Crippen MR) is 77.4 cm³/mol. The lowest BCUT2D eigenvalue weighted by molar-refractivity contribution is 0.0218. The fourth-order valence-corrected chi connectivity index (χ4v) is 1.92. The molecule has 4 heteroatoms. The Balaban J connectivity index is 2.19. The maximum Gasteiger partial charge on any atom is 0.340 e. The number of carbonyl (C=O) groups excluding carboxylic acids is 1. The minimum absolute atomic E-state index is 0.0121. The minimum atomic E-state index is -0.367. The van der Waals surface area contributed by atoms with Gasteiger partial charge in [0.2, 0.25) is 0 Å². The number of nitrogens with zero attached hydrogens (tertiary/aromatic N) is 1. The first-order valence-corrected chi connectivity index (χ1v) is 6.55. The Kier molecular flexibility index (Phi) is 4.85. The van der Waals surface area contributed by atoms with Crippen LogP contribution in [0.2, 0.25) is 0 Å². The summed E-state index contributed by atoms with van der Waals surface area (Å²) in [6.07, 6.45) is 2.80. The molecular weight excluding hydrogens is 252 g/mol. The average molecular weight is 270 g/mol. The molecule has 2 rings (SSSR count). The SMILES string of the molecule is CN[C@H](C)[C@H](OC(=O)c1cccnc1)c1ccccc1. The van der Waals surface area contributed by atoms with Crippen LogP contribution in [0.3, 0.4) is 0 Å². The number of aromatic nitrogens is 1. The summed E-state index contributed by atoms with van der Waals surface area (Å²) in [4.78, 5) is 16.1. The van der Waals surface area contributed by atoms with Gasteiger partial charge in [0.05, 0.1) is 5.56 Å². The van der Waals surface area contributed by atoms with E-state index in [1.54, 1.807) is 18.3 Å². The Hall–Kier alpha value is -2.20. The summed E-state index contributed by atoms with van der Waals surface area (Å²) in [5.74, 6) is -0.367. The number of carbonyl (C=O) groups is 1. The van der Waals surface area contributed by atoms with E-state index in [4.69, 9.17) is 4.74 Å². The molecule has 1 aromatic heterocycles. The zero-order chi connectivity index (χ0) is 14.4. The maximum absolute atomic E-state index is 12.2. The first-order chi connectivity index (χ1) is 9.72. The van der Waals surface area contributed by atoms with Crippen LogP contribution in [0.1, 0.15) is 28.9 Å². The smallest absolute Gasteiger partial charge is 0.340 e. The van der Waals surface area contributed by atoms with Gasteiger partial charge >= 0.3 is 5.97 Å². The second kappa shape index (κ2) is 6.82. The molecule has 0 aliphatic rings. The third-order valence-electron chi connectivity index (χ3n) is 3.17. The van der Waals surface area contributed by atoms with Gasteiger partial charge in [0.1, 0.15) is 6.10 Å². The van der Waals surface area contributed by atoms with Crippen LogP contribution in [-0.2, 0) is 4.74 Å². The van der Waals surface area contributed by atoms with E-state index in [0.29, 0.717) is 5.56 Å². The van der Waals surface area contributed by atoms with Gasteiger partial charge in [0.25, 0.3) is 0 Å². The van der Waals surface area contributed by atoms with Crippen molar-refractivity contribution in [2.45, 2.75) is 19.1 Å². The molecule has 2 aromatic rings. The normalized spacial score (nSPS) is 13.5. The largest absolute Gasteiger partial charge is 0.452 e. The molecule has 2 atom stereocenters. The van der Waals surface area contributed by atoms with Crippen LogP contribution in [0.4, 0.5) is 0 Å². The van der Waals surface area contributed by atoms with Gasteiger partial charge < -0.3 is 10.1 Å². The molecule has 0 saturated heterocycles. The molecule has 1 aromatic carbocycles. The van der Waals surface area contributed by atoms with Crippen LogP contribution in [0.25, 0.3) is 0 Å². The number of ether oxygens (including phenoxy) is 1. The number of nitrogens with one attached hydrogen (secondary N) is 1. The molecular formula is C16H18N2O2. The molecule has 1 heterocycles. The average Bonchev–Trinajstić information content (AvgIpc) is 2.53. The fourth-order valence-electron chi connectivity index (χ4n) is 1.92. The Bertz CT molecular complexity index is 543. The summed E-state index contributed by atoms with van der Waals surface area (Å²) < 4.78 is 5.63. The van der Waals surface area contributed by atoms with Crippen molar-refractivity contribution >= 4 is 5.97 Å². The second-order valence-electron chi connectivity index (χ2n) is 4.56. The molecule has 0 fully saturated rings. The zero-order valence-corrected chi connectivity index (χ0v) is 11.6. The quantitative estimate of drug-likeness (QED) is 0.848. The van der Waals surface area contributed by atoms with Crippen LogP contribution < -0.4 is 5.32 Å². The van der Waals surface area contributed by atoms with Crippen molar-refractivity contribution in [1.82, 2.24) is 10.3 Å². The maximum atomic E-state index is 12.2. The highest BCUT2D eigenvalue weighted by Crippen LogP contribution is 2.22. The van der Waals surface area contributed by atoms with E-state index in [1.165, 1.54) is 6.20 Å². The topological polar surface area (TPSA) is 51.2 Å². The number of hydrogen-bond acceptors (Lipinski definition) is 4. The molecule has 104 valence electrons. The molecule has 0 unspecified atom stereocenters. The summed E-state index contributed by atoms with van der Waals surface area (Å²) in [7, 11) is 1.85. The molecule has 0 radical (unpaired) electrons. The van der Waals surface area contributed by atoms with E-state index in [1.807, 2.05) is 44.3 Å². The molecule has 0 aliphatic carbocycles. The van der Waals surface area contributed by atoms with E-state index in [2.05, 4.69) is 10.3 Å². The van der Waals surface area contributed by atoms with E-state index >= 15 is 0 Å². The molecule has 0 aliphatic heterocycles. The molecule has 20 heavy (non-hydrogen) atoms. The lowest BCUT2D eigenvalue weighted by Crippen LogP contribution is -2.32. The van der Waals surface area contributed by atoms with Gasteiger partial charge in [-0.2, -0.15) is 0 Å². The minimum Gasteiger partial charge on any atom is -0.452 e. The molecule has 1 N–H and O–H groups in total. The lowest BCUT2D eigenvalue weighted by atomic mass is 10.0. The van der Waals surface area contributed by atoms with Crippen LogP contribution in [0.5, 0.6) is 0 Å². The summed E-state index contributed by atoms with van der Waals surface area (Å²) in [6, 6.07) is 13.1. The predicted octanol–water partition coefficient (Wildman–Crippen LogP) is 2.59. The van der Waals surface area contributed by atoms with Crippen molar-refractivity contribution in [3.05, 3.63) is 66.0 Å². The van der Waals surface area contributed by atoms with Crippen molar-refractivity contribution in [3.63, 3.8) is 0 Å². The second-order valence-corrected chi connectivity index (χ2v) is 4.56. The molecule has 4 nitrogen and oxygen atoms in total.